The molecule has 1 aliphatic heterocycles. The molecule has 0 saturated heterocycles. The largest absolute Gasteiger partial charge is 0.372 e. The van der Waals surface area contributed by atoms with Crippen molar-refractivity contribution < 1.29 is 9.53 Å². The fraction of sp³-hybridized carbons (Fsp3) is 0.231. The Kier molecular flexibility index (Phi) is 6.42. The minimum absolute atomic E-state index is 0.276. The molecular weight excluding hydrogens is 499 g/mol. The average Bonchev–Trinajstić information content (AvgIpc) is 3.26. The van der Waals surface area contributed by atoms with Gasteiger partial charge in [0, 0.05) is 33.9 Å². The van der Waals surface area contributed by atoms with Crippen LogP contribution in [0.5, 0.6) is 0 Å². The molecule has 0 fully saturated rings. The van der Waals surface area contributed by atoms with Gasteiger partial charge in [-0.3, -0.25) is 5.32 Å². The fourth-order valence-corrected chi connectivity index (χ4v) is 4.52. The van der Waals surface area contributed by atoms with Crippen molar-refractivity contribution in [1.82, 2.24) is 20.3 Å². The molecule has 10 heteroatoms. The number of hydrogen-bond donors (Lipinski definition) is 3. The average molecular weight is 523 g/mol. The van der Waals surface area contributed by atoms with Crippen molar-refractivity contribution in [2.75, 3.05) is 10.6 Å². The van der Waals surface area contributed by atoms with Gasteiger partial charge in [0.05, 0.1) is 23.3 Å². The number of nitrogens with zero attached hydrogens (tertiary/aromatic N) is 3. The number of hydrogen-bond acceptors (Lipinski definition) is 6. The number of carbonyl (C=O) groups is 1. The molecule has 4 aromatic rings. The normalized spacial score (nSPS) is 12.9. The minimum atomic E-state index is -0.441. The summed E-state index contributed by atoms with van der Waals surface area (Å²) in [5.74, 6) is 0.654. The molecule has 1 aliphatic rings. The van der Waals surface area contributed by atoms with Crippen molar-refractivity contribution in [3.05, 3.63) is 69.8 Å². The number of nitrogens with one attached hydrogen (secondary N) is 3. The van der Waals surface area contributed by atoms with Crippen LogP contribution >= 0.6 is 23.2 Å². The van der Waals surface area contributed by atoms with Gasteiger partial charge >= 0.3 is 6.03 Å². The maximum atomic E-state index is 12.7. The van der Waals surface area contributed by atoms with E-state index in [1.807, 2.05) is 45.0 Å². The Hall–Kier alpha value is -3.46. The Balaban J connectivity index is 1.55. The van der Waals surface area contributed by atoms with E-state index < -0.39 is 11.6 Å². The summed E-state index contributed by atoms with van der Waals surface area (Å²) in [6.45, 7) is 6.89. The minimum Gasteiger partial charge on any atom is -0.372 e. The summed E-state index contributed by atoms with van der Waals surface area (Å²) in [6.07, 6.45) is 1.67. The molecule has 0 saturated carbocycles. The smallest absolute Gasteiger partial charge is 0.320 e. The SMILES string of the molecule is CC(C)(C)NC(=O)Nc1nc2nc(Nc3ccc4c(c3)COC4)ncc2cc1-c1c(Cl)cccc1Cl. The van der Waals surface area contributed by atoms with Gasteiger partial charge in [0.15, 0.2) is 5.65 Å². The van der Waals surface area contributed by atoms with Crippen LogP contribution in [-0.2, 0) is 18.0 Å². The van der Waals surface area contributed by atoms with Crippen LogP contribution in [0.2, 0.25) is 10.0 Å². The molecule has 2 amide bonds. The second-order valence-corrected chi connectivity index (χ2v) is 10.3. The molecule has 0 unspecified atom stereocenters. The summed E-state index contributed by atoms with van der Waals surface area (Å²) >= 11 is 13.0. The van der Waals surface area contributed by atoms with E-state index in [0.717, 1.165) is 11.3 Å². The van der Waals surface area contributed by atoms with Crippen molar-refractivity contribution in [2.24, 2.45) is 0 Å². The van der Waals surface area contributed by atoms with E-state index in [1.165, 1.54) is 5.56 Å². The Morgan fingerprint density at radius 2 is 1.75 bits per heavy atom. The highest BCUT2D eigenvalue weighted by atomic mass is 35.5. The molecule has 8 nitrogen and oxygen atoms in total. The van der Waals surface area contributed by atoms with E-state index in [4.69, 9.17) is 27.9 Å². The third kappa shape index (κ3) is 5.21. The van der Waals surface area contributed by atoms with Crippen LogP contribution in [0.3, 0.4) is 0 Å². The summed E-state index contributed by atoms with van der Waals surface area (Å²) in [6, 6.07) is 12.6. The maximum absolute atomic E-state index is 12.7. The van der Waals surface area contributed by atoms with Crippen LogP contribution in [-0.4, -0.2) is 26.5 Å². The highest BCUT2D eigenvalue weighted by molar-refractivity contribution is 6.39. The second kappa shape index (κ2) is 9.54. The van der Waals surface area contributed by atoms with Gasteiger partial charge < -0.3 is 15.4 Å². The summed E-state index contributed by atoms with van der Waals surface area (Å²) in [5.41, 5.74) is 4.24. The Labute approximate surface area is 218 Å². The first-order valence-corrected chi connectivity index (χ1v) is 12.1. The zero-order valence-corrected chi connectivity index (χ0v) is 21.5. The number of pyridine rings is 1. The molecule has 0 bridgehead atoms. The zero-order chi connectivity index (χ0) is 25.4. The number of ether oxygens (including phenoxy) is 1. The lowest BCUT2D eigenvalue weighted by Crippen LogP contribution is -2.43. The molecule has 36 heavy (non-hydrogen) atoms. The van der Waals surface area contributed by atoms with Gasteiger partial charge in [-0.25, -0.2) is 14.8 Å². The van der Waals surface area contributed by atoms with E-state index in [9.17, 15) is 4.79 Å². The van der Waals surface area contributed by atoms with E-state index in [-0.39, 0.29) is 5.82 Å². The van der Waals surface area contributed by atoms with Crippen LogP contribution < -0.4 is 16.0 Å². The van der Waals surface area contributed by atoms with Gasteiger partial charge in [-0.1, -0.05) is 35.3 Å². The molecule has 5 rings (SSSR count). The number of urea groups is 1. The molecule has 0 aliphatic carbocycles. The molecule has 0 spiro atoms. The molecule has 0 radical (unpaired) electrons. The Bertz CT molecular complexity index is 1470. The number of aromatic nitrogens is 3. The van der Waals surface area contributed by atoms with Gasteiger partial charge in [-0.05, 0) is 62.2 Å². The number of carbonyl (C=O) groups excluding carboxylic acids is 1. The monoisotopic (exact) mass is 522 g/mol. The van der Waals surface area contributed by atoms with Gasteiger partial charge in [0.2, 0.25) is 5.95 Å². The molecule has 0 atom stereocenters. The Morgan fingerprint density at radius 1 is 1.00 bits per heavy atom. The first-order chi connectivity index (χ1) is 17.2. The van der Waals surface area contributed by atoms with Crippen molar-refractivity contribution in [2.45, 2.75) is 39.5 Å². The van der Waals surface area contributed by atoms with Crippen molar-refractivity contribution in [1.29, 1.82) is 0 Å². The fourth-order valence-electron chi connectivity index (χ4n) is 3.92. The number of amides is 2. The molecule has 184 valence electrons. The van der Waals surface area contributed by atoms with Crippen LogP contribution in [0.25, 0.3) is 22.2 Å². The van der Waals surface area contributed by atoms with Crippen molar-refractivity contribution >= 4 is 57.7 Å². The highest BCUT2D eigenvalue weighted by Gasteiger charge is 2.20. The second-order valence-electron chi connectivity index (χ2n) is 9.52. The van der Waals surface area contributed by atoms with Crippen LogP contribution in [0.15, 0.2) is 48.7 Å². The van der Waals surface area contributed by atoms with Crippen LogP contribution in [0, 0.1) is 0 Å². The molecular formula is C26H24Cl2N6O2. The van der Waals surface area contributed by atoms with Gasteiger partial charge in [-0.2, -0.15) is 4.98 Å². The van der Waals surface area contributed by atoms with E-state index in [1.54, 1.807) is 24.4 Å². The van der Waals surface area contributed by atoms with Gasteiger partial charge in [0.25, 0.3) is 0 Å². The first kappa shape index (κ1) is 24.2. The van der Waals surface area contributed by atoms with E-state index in [0.29, 0.717) is 51.4 Å². The lowest BCUT2D eigenvalue weighted by atomic mass is 10.0. The van der Waals surface area contributed by atoms with Gasteiger partial charge in [-0.15, -0.1) is 0 Å². The van der Waals surface area contributed by atoms with Crippen LogP contribution in [0.4, 0.5) is 22.2 Å². The predicted octanol–water partition coefficient (Wildman–Crippen LogP) is 6.69. The molecule has 3 N–H and O–H groups in total. The van der Waals surface area contributed by atoms with Crippen molar-refractivity contribution in [3.8, 4) is 11.1 Å². The summed E-state index contributed by atoms with van der Waals surface area (Å²) < 4.78 is 5.49. The van der Waals surface area contributed by atoms with E-state index >= 15 is 0 Å². The topological polar surface area (TPSA) is 101 Å². The third-order valence-electron chi connectivity index (χ3n) is 5.50. The van der Waals surface area contributed by atoms with Crippen LogP contribution in [0.1, 0.15) is 31.9 Å². The predicted molar refractivity (Wildman–Crippen MR) is 143 cm³/mol. The molecule has 2 aromatic carbocycles. The lowest BCUT2D eigenvalue weighted by Gasteiger charge is -2.21. The quantitative estimate of drug-likeness (QED) is 0.276. The summed E-state index contributed by atoms with van der Waals surface area (Å²) in [5, 5.41) is 10.5. The Morgan fingerprint density at radius 3 is 2.50 bits per heavy atom. The van der Waals surface area contributed by atoms with Crippen molar-refractivity contribution in [3.63, 3.8) is 0 Å². The number of fused-ring (bicyclic) bond motifs is 2. The van der Waals surface area contributed by atoms with E-state index in [2.05, 4.69) is 30.9 Å². The number of halogens is 2. The number of anilines is 3. The zero-order valence-electron chi connectivity index (χ0n) is 19.9. The first-order valence-electron chi connectivity index (χ1n) is 11.3. The van der Waals surface area contributed by atoms with Gasteiger partial charge in [0.1, 0.15) is 5.82 Å². The lowest BCUT2D eigenvalue weighted by molar-refractivity contribution is 0.134. The molecule has 3 heterocycles. The highest BCUT2D eigenvalue weighted by Crippen LogP contribution is 2.39. The third-order valence-corrected chi connectivity index (χ3v) is 6.13. The molecule has 2 aromatic heterocycles. The standard InChI is InChI=1S/C26H24Cl2N6O2/c1-26(2,3)34-25(35)33-23-18(21-19(27)5-4-6-20(21)28)10-15-11-29-24(32-22(15)31-23)30-17-8-7-14-12-36-13-16(14)9-17/h4-11H,12-13H2,1-3H3,(H3,29,30,31,32,33,34,35). The number of rotatable bonds is 4. The summed E-state index contributed by atoms with van der Waals surface area (Å²) in [7, 11) is 0. The maximum Gasteiger partial charge on any atom is 0.320 e. The summed E-state index contributed by atoms with van der Waals surface area (Å²) in [4.78, 5) is 26.4. The number of benzene rings is 2.